The molecule has 3 nitrogen and oxygen atoms in total. The van der Waals surface area contributed by atoms with Gasteiger partial charge in [-0.25, -0.2) is 0 Å². The molecule has 0 aliphatic heterocycles. The third-order valence-corrected chi connectivity index (χ3v) is 3.55. The standard InChI is InChI=1S/C15H23NO2/c1-10-6-7-14(12(3)11(10)2)13(8-15(17)18)9-16(4)5/h6-7,13H,8-9H2,1-5H3,(H,17,18). The molecular formula is C15H23NO2. The number of benzene rings is 1. The number of aryl methyl sites for hydroxylation is 1. The zero-order valence-electron chi connectivity index (χ0n) is 11.9. The summed E-state index contributed by atoms with van der Waals surface area (Å²) in [7, 11) is 3.95. The Morgan fingerprint density at radius 3 is 2.33 bits per heavy atom. The Morgan fingerprint density at radius 1 is 1.22 bits per heavy atom. The highest BCUT2D eigenvalue weighted by Gasteiger charge is 2.19. The number of likely N-dealkylation sites (N-methyl/N-ethyl adjacent to an activating group) is 1. The molecule has 0 bridgehead atoms. The maximum atomic E-state index is 11.0. The number of carboxylic acid groups (broad SMARTS) is 1. The van der Waals surface area contributed by atoms with Gasteiger partial charge in [0.15, 0.2) is 0 Å². The van der Waals surface area contributed by atoms with Crippen LogP contribution < -0.4 is 0 Å². The van der Waals surface area contributed by atoms with E-state index in [0.717, 1.165) is 12.1 Å². The molecule has 0 saturated carbocycles. The average Bonchev–Trinajstić information content (AvgIpc) is 2.24. The fourth-order valence-corrected chi connectivity index (χ4v) is 2.34. The molecule has 0 saturated heterocycles. The Balaban J connectivity index is 3.12. The van der Waals surface area contributed by atoms with E-state index in [9.17, 15) is 4.79 Å². The second-order valence-electron chi connectivity index (χ2n) is 5.28. The Labute approximate surface area is 109 Å². The highest BCUT2D eigenvalue weighted by molar-refractivity contribution is 5.68. The van der Waals surface area contributed by atoms with E-state index < -0.39 is 5.97 Å². The van der Waals surface area contributed by atoms with Gasteiger partial charge in [-0.1, -0.05) is 12.1 Å². The van der Waals surface area contributed by atoms with Crippen molar-refractivity contribution in [2.75, 3.05) is 20.6 Å². The number of carboxylic acids is 1. The molecule has 1 atom stereocenters. The van der Waals surface area contributed by atoms with E-state index in [0.29, 0.717) is 0 Å². The van der Waals surface area contributed by atoms with E-state index in [-0.39, 0.29) is 12.3 Å². The molecule has 0 aliphatic carbocycles. The Hall–Kier alpha value is -1.35. The van der Waals surface area contributed by atoms with E-state index in [1.165, 1.54) is 16.7 Å². The minimum atomic E-state index is -0.737. The van der Waals surface area contributed by atoms with Crippen molar-refractivity contribution >= 4 is 5.97 Å². The van der Waals surface area contributed by atoms with Crippen LogP contribution in [0.4, 0.5) is 0 Å². The number of aliphatic carboxylic acids is 1. The van der Waals surface area contributed by atoms with Crippen molar-refractivity contribution in [1.29, 1.82) is 0 Å². The fourth-order valence-electron chi connectivity index (χ4n) is 2.34. The second kappa shape index (κ2) is 6.01. The first-order valence-electron chi connectivity index (χ1n) is 6.26. The van der Waals surface area contributed by atoms with Gasteiger partial charge in [0, 0.05) is 12.5 Å². The molecule has 1 aromatic carbocycles. The lowest BCUT2D eigenvalue weighted by Crippen LogP contribution is -2.23. The van der Waals surface area contributed by atoms with Gasteiger partial charge in [0.25, 0.3) is 0 Å². The molecule has 1 rings (SSSR count). The summed E-state index contributed by atoms with van der Waals surface area (Å²) in [5, 5.41) is 9.05. The molecule has 3 heteroatoms. The predicted octanol–water partition coefficient (Wildman–Crippen LogP) is 2.73. The average molecular weight is 249 g/mol. The quantitative estimate of drug-likeness (QED) is 0.872. The smallest absolute Gasteiger partial charge is 0.304 e. The van der Waals surface area contributed by atoms with Crippen LogP contribution in [0.1, 0.15) is 34.6 Å². The summed E-state index contributed by atoms with van der Waals surface area (Å²) in [6.07, 6.45) is 0.182. The van der Waals surface area contributed by atoms with Gasteiger partial charge >= 0.3 is 5.97 Å². The van der Waals surface area contributed by atoms with Gasteiger partial charge in [0.2, 0.25) is 0 Å². The van der Waals surface area contributed by atoms with Crippen LogP contribution in [0.5, 0.6) is 0 Å². The Kier molecular flexibility index (Phi) is 4.91. The SMILES string of the molecule is Cc1ccc(C(CC(=O)O)CN(C)C)c(C)c1C. The molecular weight excluding hydrogens is 226 g/mol. The first kappa shape index (κ1) is 14.7. The van der Waals surface area contributed by atoms with E-state index in [1.807, 2.05) is 19.0 Å². The number of carbonyl (C=O) groups is 1. The van der Waals surface area contributed by atoms with Crippen LogP contribution in [-0.2, 0) is 4.79 Å². The van der Waals surface area contributed by atoms with Crippen LogP contribution in [-0.4, -0.2) is 36.6 Å². The highest BCUT2D eigenvalue weighted by atomic mass is 16.4. The molecule has 0 amide bonds. The van der Waals surface area contributed by atoms with Crippen molar-refractivity contribution in [3.8, 4) is 0 Å². The molecule has 18 heavy (non-hydrogen) atoms. The highest BCUT2D eigenvalue weighted by Crippen LogP contribution is 2.27. The third kappa shape index (κ3) is 3.57. The predicted molar refractivity (Wildman–Crippen MR) is 74.2 cm³/mol. The summed E-state index contributed by atoms with van der Waals surface area (Å²) < 4.78 is 0. The zero-order chi connectivity index (χ0) is 13.9. The van der Waals surface area contributed by atoms with E-state index in [1.54, 1.807) is 0 Å². The summed E-state index contributed by atoms with van der Waals surface area (Å²) >= 11 is 0. The monoisotopic (exact) mass is 249 g/mol. The number of hydrogen-bond acceptors (Lipinski definition) is 2. The van der Waals surface area contributed by atoms with Gasteiger partial charge < -0.3 is 10.0 Å². The van der Waals surface area contributed by atoms with Crippen LogP contribution >= 0.6 is 0 Å². The first-order chi connectivity index (χ1) is 8.32. The first-order valence-corrected chi connectivity index (χ1v) is 6.26. The molecule has 1 N–H and O–H groups in total. The normalized spacial score (nSPS) is 12.8. The summed E-state index contributed by atoms with van der Waals surface area (Å²) in [4.78, 5) is 13.1. The molecule has 0 aromatic heterocycles. The van der Waals surface area contributed by atoms with E-state index in [2.05, 4.69) is 32.9 Å². The van der Waals surface area contributed by atoms with Crippen molar-refractivity contribution in [1.82, 2.24) is 4.90 Å². The Morgan fingerprint density at radius 2 is 1.83 bits per heavy atom. The lowest BCUT2D eigenvalue weighted by molar-refractivity contribution is -0.137. The van der Waals surface area contributed by atoms with Crippen LogP contribution in [0.25, 0.3) is 0 Å². The number of nitrogens with zero attached hydrogens (tertiary/aromatic N) is 1. The van der Waals surface area contributed by atoms with Crippen molar-refractivity contribution < 1.29 is 9.90 Å². The van der Waals surface area contributed by atoms with Gasteiger partial charge in [0.1, 0.15) is 0 Å². The maximum absolute atomic E-state index is 11.0. The van der Waals surface area contributed by atoms with Crippen LogP contribution in [0.2, 0.25) is 0 Å². The molecule has 100 valence electrons. The van der Waals surface area contributed by atoms with Gasteiger partial charge in [-0.3, -0.25) is 4.79 Å². The van der Waals surface area contributed by atoms with Gasteiger partial charge in [-0.2, -0.15) is 0 Å². The van der Waals surface area contributed by atoms with Crippen LogP contribution in [0.15, 0.2) is 12.1 Å². The molecule has 0 heterocycles. The summed E-state index contributed by atoms with van der Waals surface area (Å²) in [6.45, 7) is 7.03. The topological polar surface area (TPSA) is 40.5 Å². The van der Waals surface area contributed by atoms with Gasteiger partial charge in [-0.05, 0) is 57.1 Å². The van der Waals surface area contributed by atoms with Crippen molar-refractivity contribution in [2.45, 2.75) is 33.1 Å². The van der Waals surface area contributed by atoms with Gasteiger partial charge in [-0.15, -0.1) is 0 Å². The minimum Gasteiger partial charge on any atom is -0.481 e. The molecule has 1 aromatic rings. The largest absolute Gasteiger partial charge is 0.481 e. The Bertz CT molecular complexity index is 438. The van der Waals surface area contributed by atoms with Crippen molar-refractivity contribution in [3.63, 3.8) is 0 Å². The van der Waals surface area contributed by atoms with E-state index >= 15 is 0 Å². The molecule has 0 fully saturated rings. The van der Waals surface area contributed by atoms with Gasteiger partial charge in [0.05, 0.1) is 6.42 Å². The number of hydrogen-bond donors (Lipinski definition) is 1. The summed E-state index contributed by atoms with van der Waals surface area (Å²) in [5.74, 6) is -0.684. The van der Waals surface area contributed by atoms with Crippen LogP contribution in [0, 0.1) is 20.8 Å². The maximum Gasteiger partial charge on any atom is 0.304 e. The zero-order valence-corrected chi connectivity index (χ0v) is 11.9. The summed E-state index contributed by atoms with van der Waals surface area (Å²) in [6, 6.07) is 4.16. The second-order valence-corrected chi connectivity index (χ2v) is 5.28. The fraction of sp³-hybridized carbons (Fsp3) is 0.533. The van der Waals surface area contributed by atoms with E-state index in [4.69, 9.17) is 5.11 Å². The molecule has 0 spiro atoms. The molecule has 1 unspecified atom stereocenters. The lowest BCUT2D eigenvalue weighted by Gasteiger charge is -2.23. The summed E-state index contributed by atoms with van der Waals surface area (Å²) in [5.41, 5.74) is 4.91. The molecule has 0 aliphatic rings. The molecule has 0 radical (unpaired) electrons. The van der Waals surface area contributed by atoms with Crippen molar-refractivity contribution in [3.05, 3.63) is 34.4 Å². The number of rotatable bonds is 5. The minimum absolute atomic E-state index is 0.0526. The lowest BCUT2D eigenvalue weighted by atomic mass is 9.88. The van der Waals surface area contributed by atoms with Crippen LogP contribution in [0.3, 0.4) is 0 Å². The third-order valence-electron chi connectivity index (χ3n) is 3.55. The van der Waals surface area contributed by atoms with Crippen molar-refractivity contribution in [2.24, 2.45) is 0 Å².